The number of hydrogen-bond donors (Lipinski definition) is 5. The third-order valence-electron chi connectivity index (χ3n) is 3.91. The molecule has 5 N–H and O–H groups in total. The molecule has 5 atom stereocenters. The van der Waals surface area contributed by atoms with Gasteiger partial charge in [0.05, 0.1) is 6.42 Å². The number of aliphatic hydroxyl groups is 4. The summed E-state index contributed by atoms with van der Waals surface area (Å²) in [6, 6.07) is 9.09. The van der Waals surface area contributed by atoms with Crippen LogP contribution in [0.4, 0.5) is 4.79 Å². The number of amides is 1. The minimum Gasteiger partial charge on any atom is -0.463 e. The number of ether oxygens (including phenoxy) is 3. The molecule has 150 valence electrons. The van der Waals surface area contributed by atoms with Crippen molar-refractivity contribution in [2.24, 2.45) is 0 Å². The lowest BCUT2D eigenvalue weighted by atomic mass is 9.99. The lowest BCUT2D eigenvalue weighted by molar-refractivity contribution is -0.287. The van der Waals surface area contributed by atoms with Crippen molar-refractivity contribution >= 4 is 12.1 Å². The van der Waals surface area contributed by atoms with Crippen LogP contribution in [0.2, 0.25) is 0 Å². The van der Waals surface area contributed by atoms with E-state index in [0.29, 0.717) is 0 Å². The van der Waals surface area contributed by atoms with Gasteiger partial charge in [0.15, 0.2) is 6.29 Å². The highest BCUT2D eigenvalue weighted by atomic mass is 16.6. The van der Waals surface area contributed by atoms with Gasteiger partial charge in [-0.2, -0.15) is 0 Å². The van der Waals surface area contributed by atoms with Crippen molar-refractivity contribution in [3.63, 3.8) is 0 Å². The first-order valence-electron chi connectivity index (χ1n) is 8.36. The molecular formula is C17H23NO9. The Kier molecular flexibility index (Phi) is 7.95. The molecular weight excluding hydrogens is 362 g/mol. The number of carbonyl (C=O) groups is 2. The second-order valence-electron chi connectivity index (χ2n) is 5.96. The van der Waals surface area contributed by atoms with Crippen LogP contribution in [0.5, 0.6) is 0 Å². The highest BCUT2D eigenvalue weighted by Crippen LogP contribution is 2.20. The molecule has 0 aromatic heterocycles. The topological polar surface area (TPSA) is 155 Å². The maximum absolute atomic E-state index is 11.7. The molecule has 27 heavy (non-hydrogen) atoms. The average Bonchev–Trinajstić information content (AvgIpc) is 2.67. The quantitative estimate of drug-likeness (QED) is 0.358. The highest BCUT2D eigenvalue weighted by Gasteiger charge is 2.43. The van der Waals surface area contributed by atoms with E-state index >= 15 is 0 Å². The van der Waals surface area contributed by atoms with E-state index in [2.05, 4.69) is 5.32 Å². The average molecular weight is 385 g/mol. The molecule has 0 spiro atoms. The number of carbonyl (C=O) groups excluding carboxylic acids is 2. The third kappa shape index (κ3) is 6.45. The molecule has 1 heterocycles. The number of nitrogens with one attached hydrogen (secondary N) is 1. The lowest BCUT2D eigenvalue weighted by Crippen LogP contribution is -2.58. The monoisotopic (exact) mass is 385 g/mol. The van der Waals surface area contributed by atoms with E-state index in [1.54, 1.807) is 12.1 Å². The number of alkyl carbamates (subject to hydrolysis) is 1. The predicted octanol–water partition coefficient (Wildman–Crippen LogP) is -1.35. The number of benzene rings is 1. The van der Waals surface area contributed by atoms with Gasteiger partial charge in [0, 0.05) is 6.54 Å². The van der Waals surface area contributed by atoms with Crippen molar-refractivity contribution in [1.29, 1.82) is 0 Å². The zero-order valence-corrected chi connectivity index (χ0v) is 14.4. The Bertz CT molecular complexity index is 612. The van der Waals surface area contributed by atoms with Gasteiger partial charge in [-0.25, -0.2) is 4.79 Å². The normalized spacial score (nSPS) is 27.6. The molecule has 1 aromatic rings. The van der Waals surface area contributed by atoms with E-state index in [1.807, 2.05) is 18.2 Å². The maximum Gasteiger partial charge on any atom is 0.407 e. The number of aliphatic hydroxyl groups excluding tert-OH is 4. The molecule has 1 aromatic carbocycles. The smallest absolute Gasteiger partial charge is 0.407 e. The first-order chi connectivity index (χ1) is 12.9. The molecule has 10 nitrogen and oxygen atoms in total. The summed E-state index contributed by atoms with van der Waals surface area (Å²) in [4.78, 5) is 23.2. The Hall–Kier alpha value is -2.24. The Labute approximate surface area is 155 Å². The van der Waals surface area contributed by atoms with E-state index < -0.39 is 49.4 Å². The van der Waals surface area contributed by atoms with E-state index in [9.17, 15) is 30.0 Å². The van der Waals surface area contributed by atoms with Crippen molar-refractivity contribution in [2.75, 3.05) is 13.2 Å². The van der Waals surface area contributed by atoms with Crippen LogP contribution in [0.25, 0.3) is 0 Å². The Balaban J connectivity index is 1.61. The van der Waals surface area contributed by atoms with Crippen molar-refractivity contribution in [3.8, 4) is 0 Å². The first kappa shape index (κ1) is 21.1. The van der Waals surface area contributed by atoms with Crippen LogP contribution in [0, 0.1) is 0 Å². The molecule has 5 unspecified atom stereocenters. The van der Waals surface area contributed by atoms with Gasteiger partial charge in [0.1, 0.15) is 37.6 Å². The summed E-state index contributed by atoms with van der Waals surface area (Å²) in [5.41, 5.74) is 0.826. The summed E-state index contributed by atoms with van der Waals surface area (Å²) < 4.78 is 14.7. The standard InChI is InChI=1S/C17H23NO9/c19-12(25-9-11-13(20)14(21)15(22)16(23)27-11)6-7-18-17(24)26-8-10-4-2-1-3-5-10/h1-5,11,13-16,20-23H,6-9H2,(H,18,24). The van der Waals surface area contributed by atoms with Crippen LogP contribution < -0.4 is 5.32 Å². The van der Waals surface area contributed by atoms with Gasteiger partial charge in [-0.15, -0.1) is 0 Å². The molecule has 0 radical (unpaired) electrons. The third-order valence-corrected chi connectivity index (χ3v) is 3.91. The molecule has 1 saturated heterocycles. The highest BCUT2D eigenvalue weighted by molar-refractivity contribution is 5.71. The van der Waals surface area contributed by atoms with Crippen LogP contribution in [0.3, 0.4) is 0 Å². The minimum atomic E-state index is -1.70. The molecule has 1 fully saturated rings. The number of hydrogen-bond acceptors (Lipinski definition) is 9. The van der Waals surface area contributed by atoms with Crippen LogP contribution >= 0.6 is 0 Å². The summed E-state index contributed by atoms with van der Waals surface area (Å²) in [6.45, 7) is -0.353. The summed E-state index contributed by atoms with van der Waals surface area (Å²) >= 11 is 0. The Morgan fingerprint density at radius 1 is 1.00 bits per heavy atom. The zero-order chi connectivity index (χ0) is 19.8. The molecule has 1 aliphatic heterocycles. The SMILES string of the molecule is O=C(CCNC(=O)OCc1ccccc1)OCC1OC(O)C(O)C(O)C1O. The molecule has 1 amide bonds. The number of esters is 1. The van der Waals surface area contributed by atoms with Crippen molar-refractivity contribution in [3.05, 3.63) is 35.9 Å². The van der Waals surface area contributed by atoms with Crippen LogP contribution in [0.1, 0.15) is 12.0 Å². The largest absolute Gasteiger partial charge is 0.463 e. The molecule has 0 aliphatic carbocycles. The summed E-state index contributed by atoms with van der Waals surface area (Å²) in [7, 11) is 0. The summed E-state index contributed by atoms with van der Waals surface area (Å²) in [5.74, 6) is -0.690. The lowest BCUT2D eigenvalue weighted by Gasteiger charge is -2.37. The summed E-state index contributed by atoms with van der Waals surface area (Å²) in [6.07, 6.45) is -8.53. The Morgan fingerprint density at radius 2 is 1.70 bits per heavy atom. The van der Waals surface area contributed by atoms with Crippen molar-refractivity contribution in [2.45, 2.75) is 43.7 Å². The van der Waals surface area contributed by atoms with E-state index in [4.69, 9.17) is 14.2 Å². The van der Waals surface area contributed by atoms with Gasteiger partial charge in [-0.3, -0.25) is 4.79 Å². The molecule has 1 aliphatic rings. The Morgan fingerprint density at radius 3 is 2.41 bits per heavy atom. The van der Waals surface area contributed by atoms with Gasteiger partial charge in [0.2, 0.25) is 0 Å². The fraction of sp³-hybridized carbons (Fsp3) is 0.529. The van der Waals surface area contributed by atoms with Gasteiger partial charge < -0.3 is 40.0 Å². The second-order valence-corrected chi connectivity index (χ2v) is 5.96. The summed E-state index contributed by atoms with van der Waals surface area (Å²) in [5, 5.41) is 40.4. The van der Waals surface area contributed by atoms with Gasteiger partial charge >= 0.3 is 12.1 Å². The fourth-order valence-corrected chi connectivity index (χ4v) is 2.36. The zero-order valence-electron chi connectivity index (χ0n) is 14.4. The van der Waals surface area contributed by atoms with E-state index in [0.717, 1.165) is 5.56 Å². The minimum absolute atomic E-state index is 0.0233. The van der Waals surface area contributed by atoms with E-state index in [1.165, 1.54) is 0 Å². The fourth-order valence-electron chi connectivity index (χ4n) is 2.36. The van der Waals surface area contributed by atoms with Crippen molar-refractivity contribution in [1.82, 2.24) is 5.32 Å². The van der Waals surface area contributed by atoms with Gasteiger partial charge in [-0.1, -0.05) is 30.3 Å². The van der Waals surface area contributed by atoms with Gasteiger partial charge in [0.25, 0.3) is 0 Å². The molecule has 10 heteroatoms. The number of rotatable bonds is 7. The van der Waals surface area contributed by atoms with Crippen LogP contribution in [0.15, 0.2) is 30.3 Å². The van der Waals surface area contributed by atoms with Crippen molar-refractivity contribution < 1.29 is 44.2 Å². The second kappa shape index (κ2) is 10.2. The molecule has 0 saturated carbocycles. The molecule has 2 rings (SSSR count). The maximum atomic E-state index is 11.7. The predicted molar refractivity (Wildman–Crippen MR) is 89.1 cm³/mol. The van der Waals surface area contributed by atoms with E-state index in [-0.39, 0.29) is 19.6 Å². The van der Waals surface area contributed by atoms with Gasteiger partial charge in [-0.05, 0) is 5.56 Å². The first-order valence-corrected chi connectivity index (χ1v) is 8.36. The van der Waals surface area contributed by atoms with Crippen LogP contribution in [-0.4, -0.2) is 76.3 Å². The molecule has 0 bridgehead atoms. The van der Waals surface area contributed by atoms with Crippen LogP contribution in [-0.2, 0) is 25.6 Å².